The van der Waals surface area contributed by atoms with Crippen LogP contribution in [0.25, 0.3) is 0 Å². The highest BCUT2D eigenvalue weighted by Gasteiger charge is 2.29. The number of rotatable bonds is 8. The van der Waals surface area contributed by atoms with Crippen molar-refractivity contribution in [2.45, 2.75) is 19.8 Å². The van der Waals surface area contributed by atoms with Crippen LogP contribution in [0.4, 0.5) is 0 Å². The molecule has 86 valence electrons. The van der Waals surface area contributed by atoms with Gasteiger partial charge in [0.15, 0.2) is 0 Å². The normalized spacial score (nSPS) is 10.1. The molecule has 0 aromatic heterocycles. The van der Waals surface area contributed by atoms with Gasteiger partial charge in [-0.2, -0.15) is 15.8 Å². The topological polar surface area (TPSA) is 71.4 Å². The number of thiocyanates is 3. The van der Waals surface area contributed by atoms with E-state index in [9.17, 15) is 0 Å². The molecule has 0 amide bonds. The maximum atomic E-state index is 8.62. The molecule has 0 radical (unpaired) electrons. The van der Waals surface area contributed by atoms with Crippen molar-refractivity contribution in [1.82, 2.24) is 0 Å². The Kier molecular flexibility index (Phi) is 9.43. The molecule has 0 unspecified atom stereocenters. The lowest BCUT2D eigenvalue weighted by Gasteiger charge is -2.29. The van der Waals surface area contributed by atoms with E-state index in [-0.39, 0.29) is 5.41 Å². The zero-order valence-corrected chi connectivity index (χ0v) is 11.6. The highest BCUT2D eigenvalue weighted by Crippen LogP contribution is 2.35. The van der Waals surface area contributed by atoms with Crippen LogP contribution < -0.4 is 0 Å². The highest BCUT2D eigenvalue weighted by atomic mass is 32.2. The summed E-state index contributed by atoms with van der Waals surface area (Å²) in [5.41, 5.74) is -0.0735. The smallest absolute Gasteiger partial charge is 0.133 e. The van der Waals surface area contributed by atoms with Crippen molar-refractivity contribution < 1.29 is 0 Å². The molecular formula is C10H13N3S3. The van der Waals surface area contributed by atoms with Crippen LogP contribution in [-0.2, 0) is 0 Å². The summed E-state index contributed by atoms with van der Waals surface area (Å²) in [4.78, 5) is 0. The van der Waals surface area contributed by atoms with E-state index in [0.29, 0.717) is 17.3 Å². The van der Waals surface area contributed by atoms with Crippen molar-refractivity contribution in [3.63, 3.8) is 0 Å². The quantitative estimate of drug-likeness (QED) is 0.630. The first kappa shape index (κ1) is 15.5. The van der Waals surface area contributed by atoms with Gasteiger partial charge in [0.1, 0.15) is 16.2 Å². The third kappa shape index (κ3) is 6.18. The summed E-state index contributed by atoms with van der Waals surface area (Å²) in [5.74, 6) is 2.09. The first-order chi connectivity index (χ1) is 7.74. The lowest BCUT2D eigenvalue weighted by atomic mass is 9.90. The summed E-state index contributed by atoms with van der Waals surface area (Å²) in [6, 6.07) is 0. The largest absolute Gasteiger partial charge is 0.185 e. The summed E-state index contributed by atoms with van der Waals surface area (Å²) in [6.45, 7) is 2.08. The molecule has 0 saturated heterocycles. The van der Waals surface area contributed by atoms with Gasteiger partial charge >= 0.3 is 0 Å². The van der Waals surface area contributed by atoms with Crippen LogP contribution in [0.2, 0.25) is 0 Å². The Hall–Kier alpha value is -0.480. The van der Waals surface area contributed by atoms with E-state index in [2.05, 4.69) is 23.1 Å². The number of hydrogen-bond donors (Lipinski definition) is 0. The standard InChI is InChI=1S/C10H13N3S3/c1-2-3-10(4-14-7-11,5-15-8-12)6-16-9-13/h2-6H2,1H3. The lowest BCUT2D eigenvalue weighted by Crippen LogP contribution is -2.29. The minimum absolute atomic E-state index is 0.0735. The van der Waals surface area contributed by atoms with Gasteiger partial charge in [-0.1, -0.05) is 13.3 Å². The van der Waals surface area contributed by atoms with Gasteiger partial charge in [0.05, 0.1) is 0 Å². The second kappa shape index (κ2) is 9.73. The van der Waals surface area contributed by atoms with E-state index in [1.165, 1.54) is 35.3 Å². The summed E-state index contributed by atoms with van der Waals surface area (Å²) in [6.07, 6.45) is 1.95. The Morgan fingerprint density at radius 3 is 1.50 bits per heavy atom. The van der Waals surface area contributed by atoms with Crippen molar-refractivity contribution in [1.29, 1.82) is 15.8 Å². The molecule has 6 heteroatoms. The fourth-order valence-corrected chi connectivity index (χ4v) is 3.97. The van der Waals surface area contributed by atoms with Crippen molar-refractivity contribution >= 4 is 35.3 Å². The predicted molar refractivity (Wildman–Crippen MR) is 71.6 cm³/mol. The molecule has 0 fully saturated rings. The van der Waals surface area contributed by atoms with Crippen LogP contribution in [-0.4, -0.2) is 17.3 Å². The van der Waals surface area contributed by atoms with Crippen molar-refractivity contribution in [2.24, 2.45) is 5.41 Å². The van der Waals surface area contributed by atoms with Crippen LogP contribution >= 0.6 is 35.3 Å². The number of hydrogen-bond acceptors (Lipinski definition) is 6. The van der Waals surface area contributed by atoms with Gasteiger partial charge in [0.2, 0.25) is 0 Å². The Bertz CT molecular complexity index is 265. The lowest BCUT2D eigenvalue weighted by molar-refractivity contribution is 0.402. The number of thioether (sulfide) groups is 3. The summed E-state index contributed by atoms with van der Waals surface area (Å²) >= 11 is 3.65. The Morgan fingerprint density at radius 1 is 0.875 bits per heavy atom. The van der Waals surface area contributed by atoms with Gasteiger partial charge in [0.25, 0.3) is 0 Å². The molecule has 3 nitrogen and oxygen atoms in total. The highest BCUT2D eigenvalue weighted by molar-refractivity contribution is 8.05. The molecule has 0 aromatic rings. The van der Waals surface area contributed by atoms with Gasteiger partial charge in [-0.3, -0.25) is 0 Å². The molecule has 0 aromatic carbocycles. The van der Waals surface area contributed by atoms with E-state index >= 15 is 0 Å². The molecule has 0 aliphatic rings. The van der Waals surface area contributed by atoms with Gasteiger partial charge in [-0.15, -0.1) is 0 Å². The molecule has 0 heterocycles. The van der Waals surface area contributed by atoms with Crippen LogP contribution in [0.15, 0.2) is 0 Å². The van der Waals surface area contributed by atoms with Gasteiger partial charge in [-0.05, 0) is 41.7 Å². The molecule has 0 N–H and O–H groups in total. The monoisotopic (exact) mass is 271 g/mol. The molecule has 0 spiro atoms. The fourth-order valence-electron chi connectivity index (χ4n) is 1.43. The molecule has 0 atom stereocenters. The minimum atomic E-state index is -0.0735. The molecule has 0 rings (SSSR count). The van der Waals surface area contributed by atoms with Crippen LogP contribution in [0, 0.1) is 37.4 Å². The van der Waals surface area contributed by atoms with Crippen LogP contribution in [0.1, 0.15) is 19.8 Å². The Balaban J connectivity index is 4.54. The average molecular weight is 271 g/mol. The van der Waals surface area contributed by atoms with Crippen molar-refractivity contribution in [3.05, 3.63) is 0 Å². The van der Waals surface area contributed by atoms with Crippen LogP contribution in [0.3, 0.4) is 0 Å². The summed E-state index contributed by atoms with van der Waals surface area (Å²) in [7, 11) is 0. The fraction of sp³-hybridized carbons (Fsp3) is 0.700. The van der Waals surface area contributed by atoms with E-state index < -0.39 is 0 Å². The minimum Gasteiger partial charge on any atom is -0.185 e. The molecule has 0 saturated carbocycles. The second-order valence-corrected chi connectivity index (χ2v) is 5.67. The van der Waals surface area contributed by atoms with Crippen LogP contribution in [0.5, 0.6) is 0 Å². The number of nitrogens with zero attached hydrogens (tertiary/aromatic N) is 3. The zero-order valence-electron chi connectivity index (χ0n) is 9.10. The SMILES string of the molecule is CCCC(CSC#N)(CSC#N)CSC#N. The van der Waals surface area contributed by atoms with E-state index in [0.717, 1.165) is 12.8 Å². The maximum absolute atomic E-state index is 8.62. The third-order valence-electron chi connectivity index (χ3n) is 2.11. The number of nitriles is 3. The van der Waals surface area contributed by atoms with Gasteiger partial charge < -0.3 is 0 Å². The Labute approximate surface area is 110 Å². The molecule has 16 heavy (non-hydrogen) atoms. The summed E-state index contributed by atoms with van der Waals surface area (Å²) in [5, 5.41) is 32.1. The van der Waals surface area contributed by atoms with Gasteiger partial charge in [0, 0.05) is 22.7 Å². The van der Waals surface area contributed by atoms with E-state index in [4.69, 9.17) is 15.8 Å². The molecular weight excluding hydrogens is 258 g/mol. The first-order valence-corrected chi connectivity index (χ1v) is 7.73. The maximum Gasteiger partial charge on any atom is 0.133 e. The second-order valence-electron chi connectivity index (χ2n) is 3.39. The summed E-state index contributed by atoms with van der Waals surface area (Å²) < 4.78 is 0. The van der Waals surface area contributed by atoms with E-state index in [1.807, 2.05) is 0 Å². The third-order valence-corrected chi connectivity index (χ3v) is 4.77. The van der Waals surface area contributed by atoms with Crippen molar-refractivity contribution in [3.8, 4) is 16.2 Å². The predicted octanol–water partition coefficient (Wildman–Crippen LogP) is 3.42. The van der Waals surface area contributed by atoms with Gasteiger partial charge in [-0.25, -0.2) is 0 Å². The van der Waals surface area contributed by atoms with Crippen molar-refractivity contribution in [2.75, 3.05) is 17.3 Å². The molecule has 0 bridgehead atoms. The first-order valence-electron chi connectivity index (χ1n) is 4.77. The zero-order chi connectivity index (χ0) is 12.3. The Morgan fingerprint density at radius 2 is 1.25 bits per heavy atom. The van der Waals surface area contributed by atoms with E-state index in [1.54, 1.807) is 0 Å². The average Bonchev–Trinajstić information content (AvgIpc) is 2.31. The molecule has 0 aliphatic carbocycles. The molecule has 0 aliphatic heterocycles.